The third kappa shape index (κ3) is 3.45. The Kier molecular flexibility index (Phi) is 4.02. The van der Waals surface area contributed by atoms with Crippen LogP contribution in [-0.4, -0.2) is 31.9 Å². The molecule has 0 aromatic heterocycles. The van der Waals surface area contributed by atoms with Gasteiger partial charge in [-0.05, 0) is 44.0 Å². The molecule has 0 aliphatic carbocycles. The molecule has 0 radical (unpaired) electrons. The molecular weight excluding hydrogens is 214 g/mol. The smallest absolute Gasteiger partial charge is 0.119 e. The van der Waals surface area contributed by atoms with E-state index in [0.717, 1.165) is 18.9 Å². The molecule has 1 aliphatic heterocycles. The van der Waals surface area contributed by atoms with E-state index in [0.29, 0.717) is 18.8 Å². The van der Waals surface area contributed by atoms with Crippen LogP contribution in [0.1, 0.15) is 18.1 Å². The number of hydrogen-bond donors (Lipinski definition) is 1. The van der Waals surface area contributed by atoms with Gasteiger partial charge in [0.25, 0.3) is 0 Å². The summed E-state index contributed by atoms with van der Waals surface area (Å²) in [6.07, 6.45) is 0.313. The summed E-state index contributed by atoms with van der Waals surface area (Å²) < 4.78 is 11.4. The first-order valence-corrected chi connectivity index (χ1v) is 6.20. The van der Waals surface area contributed by atoms with Crippen molar-refractivity contribution in [3.63, 3.8) is 0 Å². The van der Waals surface area contributed by atoms with Crippen LogP contribution >= 0.6 is 0 Å². The lowest BCUT2D eigenvalue weighted by atomic mass is 10.1. The Morgan fingerprint density at radius 3 is 2.82 bits per heavy atom. The lowest BCUT2D eigenvalue weighted by Gasteiger charge is -2.28. The number of ether oxygens (including phenoxy) is 2. The van der Waals surface area contributed by atoms with Crippen LogP contribution < -0.4 is 10.1 Å². The van der Waals surface area contributed by atoms with Crippen molar-refractivity contribution in [2.24, 2.45) is 0 Å². The average molecular weight is 235 g/mol. The zero-order valence-electron chi connectivity index (χ0n) is 10.8. The first-order valence-electron chi connectivity index (χ1n) is 6.20. The number of rotatable bonds is 3. The van der Waals surface area contributed by atoms with Crippen LogP contribution in [0.4, 0.5) is 0 Å². The van der Waals surface area contributed by atoms with Crippen LogP contribution in [0.25, 0.3) is 0 Å². The second-order valence-corrected chi connectivity index (χ2v) is 4.81. The van der Waals surface area contributed by atoms with E-state index in [2.05, 4.69) is 38.2 Å². The van der Waals surface area contributed by atoms with Crippen LogP contribution in [0.5, 0.6) is 5.75 Å². The van der Waals surface area contributed by atoms with Crippen LogP contribution in [0.2, 0.25) is 0 Å². The van der Waals surface area contributed by atoms with Crippen LogP contribution in [0, 0.1) is 13.8 Å². The molecule has 0 saturated carbocycles. The fourth-order valence-electron chi connectivity index (χ4n) is 1.84. The molecule has 17 heavy (non-hydrogen) atoms. The highest BCUT2D eigenvalue weighted by molar-refractivity contribution is 5.33. The number of nitrogens with one attached hydrogen (secondary N) is 1. The fraction of sp³-hybridized carbons (Fsp3) is 0.571. The summed E-state index contributed by atoms with van der Waals surface area (Å²) in [5.41, 5.74) is 2.56. The zero-order valence-corrected chi connectivity index (χ0v) is 10.8. The largest absolute Gasteiger partial charge is 0.492 e. The Hall–Kier alpha value is -1.06. The Balaban J connectivity index is 1.83. The Bertz CT molecular complexity index is 370. The molecule has 2 atom stereocenters. The van der Waals surface area contributed by atoms with Crippen molar-refractivity contribution in [1.82, 2.24) is 5.32 Å². The quantitative estimate of drug-likeness (QED) is 0.870. The van der Waals surface area contributed by atoms with Gasteiger partial charge in [-0.1, -0.05) is 6.07 Å². The normalized spacial score (nSPS) is 24.6. The summed E-state index contributed by atoms with van der Waals surface area (Å²) >= 11 is 0. The van der Waals surface area contributed by atoms with E-state index in [1.807, 2.05) is 6.07 Å². The van der Waals surface area contributed by atoms with Gasteiger partial charge in [0.2, 0.25) is 0 Å². The summed E-state index contributed by atoms with van der Waals surface area (Å²) in [5.74, 6) is 0.938. The van der Waals surface area contributed by atoms with Crippen molar-refractivity contribution in [1.29, 1.82) is 0 Å². The predicted molar refractivity (Wildman–Crippen MR) is 68.6 cm³/mol. The van der Waals surface area contributed by atoms with Crippen molar-refractivity contribution in [2.45, 2.75) is 32.9 Å². The highest BCUT2D eigenvalue weighted by Crippen LogP contribution is 2.16. The lowest BCUT2D eigenvalue weighted by Crippen LogP contribution is -2.48. The molecule has 3 heteroatoms. The molecule has 94 valence electrons. The molecule has 0 amide bonds. The van der Waals surface area contributed by atoms with Gasteiger partial charge in [-0.3, -0.25) is 0 Å². The maximum absolute atomic E-state index is 5.77. The van der Waals surface area contributed by atoms with Gasteiger partial charge in [0.15, 0.2) is 0 Å². The van der Waals surface area contributed by atoms with Crippen molar-refractivity contribution < 1.29 is 9.47 Å². The van der Waals surface area contributed by atoms with Gasteiger partial charge < -0.3 is 14.8 Å². The van der Waals surface area contributed by atoms with Crippen molar-refractivity contribution in [2.75, 3.05) is 19.8 Å². The Morgan fingerprint density at radius 2 is 2.18 bits per heavy atom. The molecule has 3 nitrogen and oxygen atoms in total. The highest BCUT2D eigenvalue weighted by atomic mass is 16.5. The van der Waals surface area contributed by atoms with Gasteiger partial charge in [-0.2, -0.15) is 0 Å². The van der Waals surface area contributed by atoms with E-state index in [1.54, 1.807) is 0 Å². The molecule has 0 bridgehead atoms. The van der Waals surface area contributed by atoms with Crippen LogP contribution in [-0.2, 0) is 4.74 Å². The third-order valence-electron chi connectivity index (χ3n) is 3.21. The predicted octanol–water partition coefficient (Wildman–Crippen LogP) is 2.06. The summed E-state index contributed by atoms with van der Waals surface area (Å²) in [7, 11) is 0. The van der Waals surface area contributed by atoms with Gasteiger partial charge >= 0.3 is 0 Å². The maximum Gasteiger partial charge on any atom is 0.119 e. The van der Waals surface area contributed by atoms with Gasteiger partial charge in [-0.25, -0.2) is 0 Å². The van der Waals surface area contributed by atoms with Gasteiger partial charge in [0.1, 0.15) is 12.4 Å². The van der Waals surface area contributed by atoms with Crippen molar-refractivity contribution >= 4 is 0 Å². The van der Waals surface area contributed by atoms with Crippen molar-refractivity contribution in [3.05, 3.63) is 29.3 Å². The second-order valence-electron chi connectivity index (χ2n) is 4.81. The van der Waals surface area contributed by atoms with E-state index in [1.165, 1.54) is 11.1 Å². The molecule has 1 aromatic carbocycles. The number of benzene rings is 1. The minimum Gasteiger partial charge on any atom is -0.492 e. The van der Waals surface area contributed by atoms with E-state index >= 15 is 0 Å². The molecule has 1 aliphatic rings. The fourth-order valence-corrected chi connectivity index (χ4v) is 1.84. The van der Waals surface area contributed by atoms with Crippen LogP contribution in [0.3, 0.4) is 0 Å². The second kappa shape index (κ2) is 5.52. The van der Waals surface area contributed by atoms with E-state index in [4.69, 9.17) is 9.47 Å². The number of morpholine rings is 1. The summed E-state index contributed by atoms with van der Waals surface area (Å²) in [5, 5.41) is 3.42. The molecule has 1 heterocycles. The standard InChI is InChI=1S/C14H21NO2/c1-10-4-5-14(6-11(10)2)17-9-13-8-16-12(3)7-15-13/h4-6,12-13,15H,7-9H2,1-3H3. The van der Waals surface area contributed by atoms with Crippen molar-refractivity contribution in [3.8, 4) is 5.75 Å². The van der Waals surface area contributed by atoms with E-state index < -0.39 is 0 Å². The highest BCUT2D eigenvalue weighted by Gasteiger charge is 2.18. The zero-order chi connectivity index (χ0) is 12.3. The minimum atomic E-state index is 0.299. The molecular formula is C14H21NO2. The molecule has 2 rings (SSSR count). The summed E-state index contributed by atoms with van der Waals surface area (Å²) in [4.78, 5) is 0. The Labute approximate surface area is 103 Å². The number of hydrogen-bond acceptors (Lipinski definition) is 3. The molecule has 2 unspecified atom stereocenters. The first kappa shape index (κ1) is 12.4. The first-order chi connectivity index (χ1) is 8.15. The summed E-state index contributed by atoms with van der Waals surface area (Å²) in [6, 6.07) is 6.50. The van der Waals surface area contributed by atoms with Gasteiger partial charge in [-0.15, -0.1) is 0 Å². The van der Waals surface area contributed by atoms with Crippen LogP contribution in [0.15, 0.2) is 18.2 Å². The SMILES string of the molecule is Cc1ccc(OCC2COC(C)CN2)cc1C. The maximum atomic E-state index is 5.77. The Morgan fingerprint density at radius 1 is 1.35 bits per heavy atom. The lowest BCUT2D eigenvalue weighted by molar-refractivity contribution is 0.00456. The minimum absolute atomic E-state index is 0.299. The van der Waals surface area contributed by atoms with E-state index in [-0.39, 0.29) is 0 Å². The molecule has 0 spiro atoms. The topological polar surface area (TPSA) is 30.5 Å². The molecule has 1 N–H and O–H groups in total. The average Bonchev–Trinajstić information content (AvgIpc) is 2.33. The molecule has 1 fully saturated rings. The van der Waals surface area contributed by atoms with E-state index in [9.17, 15) is 0 Å². The van der Waals surface area contributed by atoms with Gasteiger partial charge in [0, 0.05) is 6.54 Å². The molecule has 1 saturated heterocycles. The number of aryl methyl sites for hydroxylation is 2. The summed E-state index contributed by atoms with van der Waals surface area (Å²) in [6.45, 7) is 8.58. The monoisotopic (exact) mass is 235 g/mol. The third-order valence-corrected chi connectivity index (χ3v) is 3.21. The van der Waals surface area contributed by atoms with Gasteiger partial charge in [0.05, 0.1) is 18.8 Å². The molecule has 1 aromatic rings.